The number of Topliss-reactive ketones (excluding diaryl/α,β-unsaturated/α-hetero) is 1. The molecule has 6 nitrogen and oxygen atoms in total. The zero-order chi connectivity index (χ0) is 22.2. The average molecular weight is 417 g/mol. The molecule has 0 heterocycles. The minimum Gasteiger partial charge on any atom is -0.457 e. The van der Waals surface area contributed by atoms with Gasteiger partial charge < -0.3 is 14.8 Å². The van der Waals surface area contributed by atoms with Crippen LogP contribution in [-0.2, 0) is 9.53 Å². The summed E-state index contributed by atoms with van der Waals surface area (Å²) in [7, 11) is 0. The lowest BCUT2D eigenvalue weighted by Gasteiger charge is -2.09. The quantitative estimate of drug-likeness (QED) is 0.438. The van der Waals surface area contributed by atoms with Gasteiger partial charge >= 0.3 is 5.97 Å². The first-order valence-electron chi connectivity index (χ1n) is 9.79. The Kier molecular flexibility index (Phi) is 7.17. The molecule has 3 rings (SSSR count). The van der Waals surface area contributed by atoms with E-state index < -0.39 is 11.9 Å². The second-order valence-corrected chi connectivity index (χ2v) is 7.02. The summed E-state index contributed by atoms with van der Waals surface area (Å²) in [6, 6.07) is 21.3. The third-order valence-corrected chi connectivity index (χ3v) is 4.55. The lowest BCUT2D eigenvalue weighted by molar-refractivity contribution is -0.141. The Morgan fingerprint density at radius 2 is 1.52 bits per heavy atom. The number of esters is 1. The molecular formula is C25H23NO5. The van der Waals surface area contributed by atoms with Gasteiger partial charge in [0.05, 0.1) is 0 Å². The monoisotopic (exact) mass is 417 g/mol. The predicted octanol–water partition coefficient (Wildman–Crippen LogP) is 4.25. The molecule has 1 amide bonds. The number of ether oxygens (including phenoxy) is 2. The fourth-order valence-corrected chi connectivity index (χ4v) is 2.86. The normalized spacial score (nSPS) is 10.3. The number of para-hydroxylation sites is 1. The van der Waals surface area contributed by atoms with E-state index in [1.54, 1.807) is 30.3 Å². The maximum absolute atomic E-state index is 12.3. The van der Waals surface area contributed by atoms with Gasteiger partial charge in [-0.05, 0) is 61.9 Å². The van der Waals surface area contributed by atoms with E-state index in [-0.39, 0.29) is 18.9 Å². The molecule has 3 aromatic rings. The zero-order valence-electron chi connectivity index (χ0n) is 17.4. The van der Waals surface area contributed by atoms with Crippen molar-refractivity contribution in [3.63, 3.8) is 0 Å². The molecule has 0 fully saturated rings. The molecule has 0 aromatic heterocycles. The molecule has 0 aliphatic heterocycles. The Balaban J connectivity index is 1.46. The van der Waals surface area contributed by atoms with Crippen LogP contribution in [0.1, 0.15) is 31.8 Å². The highest BCUT2D eigenvalue weighted by Crippen LogP contribution is 2.21. The van der Waals surface area contributed by atoms with Gasteiger partial charge in [0.2, 0.25) is 5.78 Å². The molecule has 0 aliphatic rings. The Morgan fingerprint density at radius 3 is 2.23 bits per heavy atom. The first-order valence-corrected chi connectivity index (χ1v) is 9.79. The lowest BCUT2D eigenvalue weighted by atomic mass is 10.0. The molecule has 0 radical (unpaired) electrons. The summed E-state index contributed by atoms with van der Waals surface area (Å²) in [5.74, 6) is -0.111. The number of rotatable bonds is 8. The Labute approximate surface area is 180 Å². The van der Waals surface area contributed by atoms with Crippen LogP contribution in [0.25, 0.3) is 0 Å². The summed E-state index contributed by atoms with van der Waals surface area (Å²) in [5.41, 5.74) is 2.67. The second kappa shape index (κ2) is 10.2. The number of amides is 1. The van der Waals surface area contributed by atoms with Gasteiger partial charge in [-0.3, -0.25) is 14.4 Å². The number of benzene rings is 3. The van der Waals surface area contributed by atoms with Gasteiger partial charge in [0.1, 0.15) is 18.0 Å². The SMILES string of the molecule is Cc1ccc(C)c(C(=O)COC(=O)CNC(=O)c2ccc(Oc3ccccc3)cc2)c1. The summed E-state index contributed by atoms with van der Waals surface area (Å²) < 4.78 is 10.7. The van der Waals surface area contributed by atoms with Crippen LogP contribution < -0.4 is 10.1 Å². The van der Waals surface area contributed by atoms with Gasteiger partial charge in [0.25, 0.3) is 5.91 Å². The molecule has 158 valence electrons. The van der Waals surface area contributed by atoms with E-state index in [4.69, 9.17) is 9.47 Å². The first-order chi connectivity index (χ1) is 14.9. The van der Waals surface area contributed by atoms with Gasteiger partial charge in [-0.15, -0.1) is 0 Å². The second-order valence-electron chi connectivity index (χ2n) is 7.02. The molecule has 0 saturated heterocycles. The number of carbonyl (C=O) groups excluding carboxylic acids is 3. The van der Waals surface area contributed by atoms with Crippen molar-refractivity contribution in [2.24, 2.45) is 0 Å². The van der Waals surface area contributed by atoms with E-state index in [1.807, 2.05) is 56.3 Å². The highest BCUT2D eigenvalue weighted by atomic mass is 16.5. The number of nitrogens with one attached hydrogen (secondary N) is 1. The van der Waals surface area contributed by atoms with Crippen LogP contribution in [0, 0.1) is 13.8 Å². The summed E-state index contributed by atoms with van der Waals surface area (Å²) >= 11 is 0. The van der Waals surface area contributed by atoms with Crippen LogP contribution in [0.15, 0.2) is 72.8 Å². The van der Waals surface area contributed by atoms with Crippen molar-refractivity contribution < 1.29 is 23.9 Å². The first kappa shape index (κ1) is 21.8. The van der Waals surface area contributed by atoms with Gasteiger partial charge in [0, 0.05) is 11.1 Å². The van der Waals surface area contributed by atoms with Crippen LogP contribution in [0.3, 0.4) is 0 Å². The summed E-state index contributed by atoms with van der Waals surface area (Å²) in [4.78, 5) is 36.4. The maximum atomic E-state index is 12.3. The molecule has 6 heteroatoms. The van der Waals surface area contributed by atoms with Crippen LogP contribution in [0.2, 0.25) is 0 Å². The van der Waals surface area contributed by atoms with E-state index in [0.717, 1.165) is 11.1 Å². The number of aryl methyl sites for hydroxylation is 2. The lowest BCUT2D eigenvalue weighted by Crippen LogP contribution is -2.31. The number of ketones is 1. The van der Waals surface area contributed by atoms with E-state index in [1.165, 1.54) is 0 Å². The molecule has 0 unspecified atom stereocenters. The van der Waals surface area contributed by atoms with Gasteiger partial charge in [-0.2, -0.15) is 0 Å². The van der Waals surface area contributed by atoms with Crippen LogP contribution in [0.5, 0.6) is 11.5 Å². The topological polar surface area (TPSA) is 81.7 Å². The third-order valence-electron chi connectivity index (χ3n) is 4.55. The molecular weight excluding hydrogens is 394 g/mol. The van der Waals surface area contributed by atoms with Crippen molar-refractivity contribution >= 4 is 17.7 Å². The smallest absolute Gasteiger partial charge is 0.325 e. The Bertz CT molecular complexity index is 1070. The zero-order valence-corrected chi connectivity index (χ0v) is 17.4. The molecule has 0 aliphatic carbocycles. The molecule has 1 N–H and O–H groups in total. The molecule has 0 spiro atoms. The molecule has 3 aromatic carbocycles. The van der Waals surface area contributed by atoms with Crippen molar-refractivity contribution in [2.75, 3.05) is 13.2 Å². The minimum absolute atomic E-state index is 0.283. The Hall–Kier alpha value is -3.93. The van der Waals surface area contributed by atoms with Crippen molar-refractivity contribution in [1.29, 1.82) is 0 Å². The molecule has 31 heavy (non-hydrogen) atoms. The molecule has 0 bridgehead atoms. The maximum Gasteiger partial charge on any atom is 0.325 e. The summed E-state index contributed by atoms with van der Waals surface area (Å²) in [5, 5.41) is 2.49. The van der Waals surface area contributed by atoms with Crippen molar-refractivity contribution in [1.82, 2.24) is 5.32 Å². The predicted molar refractivity (Wildman–Crippen MR) is 116 cm³/mol. The highest BCUT2D eigenvalue weighted by molar-refractivity contribution is 6.00. The van der Waals surface area contributed by atoms with Gasteiger partial charge in [0.15, 0.2) is 6.61 Å². The van der Waals surface area contributed by atoms with E-state index >= 15 is 0 Å². The summed E-state index contributed by atoms with van der Waals surface area (Å²) in [6.07, 6.45) is 0. The standard InChI is InChI=1S/C25H23NO5/c1-17-8-9-18(2)22(14-17)23(27)16-30-24(28)15-26-25(29)19-10-12-21(13-11-19)31-20-6-4-3-5-7-20/h3-14H,15-16H2,1-2H3,(H,26,29). The highest BCUT2D eigenvalue weighted by Gasteiger charge is 2.14. The molecule has 0 atom stereocenters. The van der Waals surface area contributed by atoms with Gasteiger partial charge in [-0.25, -0.2) is 0 Å². The number of hydrogen-bond donors (Lipinski definition) is 1. The van der Waals surface area contributed by atoms with Crippen molar-refractivity contribution in [3.05, 3.63) is 95.1 Å². The molecule has 0 saturated carbocycles. The van der Waals surface area contributed by atoms with Crippen LogP contribution in [-0.4, -0.2) is 30.8 Å². The van der Waals surface area contributed by atoms with E-state index in [2.05, 4.69) is 5.32 Å². The van der Waals surface area contributed by atoms with Crippen molar-refractivity contribution in [2.45, 2.75) is 13.8 Å². The number of hydrogen-bond acceptors (Lipinski definition) is 5. The van der Waals surface area contributed by atoms with Crippen LogP contribution >= 0.6 is 0 Å². The Morgan fingerprint density at radius 1 is 0.839 bits per heavy atom. The van der Waals surface area contributed by atoms with E-state index in [9.17, 15) is 14.4 Å². The fraction of sp³-hybridized carbons (Fsp3) is 0.160. The summed E-state index contributed by atoms with van der Waals surface area (Å²) in [6.45, 7) is 3.01. The van der Waals surface area contributed by atoms with Crippen LogP contribution in [0.4, 0.5) is 0 Å². The van der Waals surface area contributed by atoms with E-state index in [0.29, 0.717) is 22.6 Å². The third kappa shape index (κ3) is 6.27. The largest absolute Gasteiger partial charge is 0.457 e. The number of carbonyl (C=O) groups is 3. The van der Waals surface area contributed by atoms with Gasteiger partial charge in [-0.1, -0.05) is 35.9 Å². The fourth-order valence-electron chi connectivity index (χ4n) is 2.86. The average Bonchev–Trinajstić information content (AvgIpc) is 2.78. The minimum atomic E-state index is -0.684. The van der Waals surface area contributed by atoms with Crippen molar-refractivity contribution in [3.8, 4) is 11.5 Å².